The summed E-state index contributed by atoms with van der Waals surface area (Å²) in [7, 11) is 2.91. The van der Waals surface area contributed by atoms with Gasteiger partial charge >= 0.3 is 14.6 Å². The molecule has 0 rings (SSSR count). The molecule has 9 heteroatoms. The van der Waals surface area contributed by atoms with E-state index in [2.05, 4.69) is 20.8 Å². The standard InChI is InChI=1S/C22H46NO7P/c1-7-8-9-10-12-15-22(2,3)28-16-13-11-14-17-29-31(27)30-19(18-20(24)25)21(26)23(4,5)6/h19,21,26-27H,7-18H2,1-6H3/p+1. The van der Waals surface area contributed by atoms with Crippen LogP contribution in [0.1, 0.15) is 85.0 Å². The molecule has 186 valence electrons. The summed E-state index contributed by atoms with van der Waals surface area (Å²) in [6.45, 7) is 7.51. The Hall–Kier alpha value is -0.340. The van der Waals surface area contributed by atoms with Gasteiger partial charge in [0, 0.05) is 6.61 Å². The monoisotopic (exact) mass is 468 g/mol. The molecule has 8 nitrogen and oxygen atoms in total. The molecular weight excluding hydrogens is 421 g/mol. The van der Waals surface area contributed by atoms with Crippen LogP contribution in [0.5, 0.6) is 0 Å². The van der Waals surface area contributed by atoms with E-state index in [-0.39, 0.29) is 10.1 Å². The maximum Gasteiger partial charge on any atom is 0.330 e. The fourth-order valence-electron chi connectivity index (χ4n) is 3.11. The maximum absolute atomic E-state index is 11.0. The zero-order chi connectivity index (χ0) is 23.9. The van der Waals surface area contributed by atoms with E-state index in [9.17, 15) is 14.8 Å². The molecule has 31 heavy (non-hydrogen) atoms. The lowest BCUT2D eigenvalue weighted by Gasteiger charge is -2.34. The molecule has 0 aromatic rings. The molecule has 0 bridgehead atoms. The molecule has 0 aliphatic rings. The van der Waals surface area contributed by atoms with Gasteiger partial charge in [-0.1, -0.05) is 39.0 Å². The molecule has 0 aliphatic heterocycles. The minimum absolute atomic E-state index is 0.0935. The van der Waals surface area contributed by atoms with Crippen LogP contribution < -0.4 is 0 Å². The van der Waals surface area contributed by atoms with Crippen LogP contribution >= 0.6 is 8.60 Å². The third-order valence-corrected chi connectivity index (χ3v) is 5.95. The molecule has 0 aliphatic carbocycles. The number of carbonyl (C=O) groups is 1. The number of aliphatic carboxylic acids is 1. The van der Waals surface area contributed by atoms with Crippen LogP contribution in [0.3, 0.4) is 0 Å². The van der Waals surface area contributed by atoms with Crippen LogP contribution in [-0.4, -0.2) is 77.8 Å². The Labute approximate surface area is 190 Å². The Bertz CT molecular complexity index is 471. The second-order valence-corrected chi connectivity index (χ2v) is 10.6. The number of hydrogen-bond acceptors (Lipinski definition) is 6. The van der Waals surface area contributed by atoms with E-state index < -0.39 is 33.3 Å². The number of unbranched alkanes of at least 4 members (excludes halogenated alkanes) is 6. The molecule has 0 saturated carbocycles. The highest BCUT2D eigenvalue weighted by Crippen LogP contribution is 2.37. The first-order chi connectivity index (χ1) is 14.4. The van der Waals surface area contributed by atoms with Crippen molar-refractivity contribution in [1.82, 2.24) is 0 Å². The number of hydrogen-bond donors (Lipinski definition) is 3. The molecule has 3 N–H and O–H groups in total. The summed E-state index contributed by atoms with van der Waals surface area (Å²) in [6.07, 6.45) is 7.40. The quantitative estimate of drug-likeness (QED) is 0.105. The SMILES string of the molecule is CCCCCCCC(C)(C)OCCCCCOP(O)OC(CC(=O)O)C(O)[N+](C)(C)C. The number of carboxylic acid groups (broad SMARTS) is 1. The Morgan fingerprint density at radius 3 is 2.16 bits per heavy atom. The summed E-state index contributed by atoms with van der Waals surface area (Å²) < 4.78 is 16.7. The summed E-state index contributed by atoms with van der Waals surface area (Å²) in [6, 6.07) is 0. The van der Waals surface area contributed by atoms with Gasteiger partial charge in [-0.25, -0.2) is 0 Å². The third-order valence-electron chi connectivity index (χ3n) is 5.09. The Kier molecular flexibility index (Phi) is 16.1. The van der Waals surface area contributed by atoms with E-state index >= 15 is 0 Å². The lowest BCUT2D eigenvalue weighted by atomic mass is 9.99. The fraction of sp³-hybridized carbons (Fsp3) is 0.955. The Morgan fingerprint density at radius 2 is 1.58 bits per heavy atom. The van der Waals surface area contributed by atoms with Gasteiger partial charge in [0.2, 0.25) is 6.23 Å². The number of nitrogens with zero attached hydrogens (tertiary/aromatic N) is 1. The average molecular weight is 469 g/mol. The molecule has 0 saturated heterocycles. The van der Waals surface area contributed by atoms with E-state index in [1.165, 1.54) is 32.1 Å². The van der Waals surface area contributed by atoms with Crippen LogP contribution in [0.15, 0.2) is 0 Å². The second-order valence-electron chi connectivity index (χ2n) is 9.68. The zero-order valence-corrected chi connectivity index (χ0v) is 21.4. The van der Waals surface area contributed by atoms with Crippen molar-refractivity contribution >= 4 is 14.6 Å². The zero-order valence-electron chi connectivity index (χ0n) is 20.5. The van der Waals surface area contributed by atoms with Gasteiger partial charge < -0.3 is 28.9 Å². The first-order valence-corrected chi connectivity index (χ1v) is 12.7. The molecule has 0 radical (unpaired) electrons. The third kappa shape index (κ3) is 16.9. The minimum atomic E-state index is -2.25. The van der Waals surface area contributed by atoms with Gasteiger partial charge in [-0.2, -0.15) is 0 Å². The first kappa shape index (κ1) is 30.7. The van der Waals surface area contributed by atoms with Crippen molar-refractivity contribution in [2.45, 2.75) is 103 Å². The first-order valence-electron chi connectivity index (χ1n) is 11.5. The lowest BCUT2D eigenvalue weighted by molar-refractivity contribution is -0.922. The molecule has 3 unspecified atom stereocenters. The van der Waals surface area contributed by atoms with Crippen molar-refractivity contribution in [2.24, 2.45) is 0 Å². The van der Waals surface area contributed by atoms with E-state index in [1.54, 1.807) is 21.1 Å². The van der Waals surface area contributed by atoms with Gasteiger partial charge in [0.1, 0.15) is 0 Å². The summed E-state index contributed by atoms with van der Waals surface area (Å²) in [5.41, 5.74) is -0.0957. The molecule has 0 heterocycles. The van der Waals surface area contributed by atoms with Gasteiger partial charge in [-0.15, -0.1) is 0 Å². The summed E-state index contributed by atoms with van der Waals surface area (Å²) >= 11 is 0. The van der Waals surface area contributed by atoms with Crippen LogP contribution in [0.4, 0.5) is 0 Å². The lowest BCUT2D eigenvalue weighted by Crippen LogP contribution is -2.52. The van der Waals surface area contributed by atoms with Crippen molar-refractivity contribution in [1.29, 1.82) is 0 Å². The summed E-state index contributed by atoms with van der Waals surface area (Å²) in [5, 5.41) is 19.3. The van der Waals surface area contributed by atoms with Crippen molar-refractivity contribution < 1.29 is 38.2 Å². The van der Waals surface area contributed by atoms with Crippen LogP contribution in [0, 0.1) is 0 Å². The number of quaternary nitrogens is 1. The number of rotatable bonds is 20. The Balaban J connectivity index is 3.99. The topological polar surface area (TPSA) is 105 Å². The minimum Gasteiger partial charge on any atom is -0.481 e. The highest BCUT2D eigenvalue weighted by atomic mass is 31.2. The van der Waals surface area contributed by atoms with Crippen LogP contribution in [0.2, 0.25) is 0 Å². The molecule has 0 fully saturated rings. The van der Waals surface area contributed by atoms with E-state index in [0.717, 1.165) is 25.7 Å². The van der Waals surface area contributed by atoms with E-state index in [0.29, 0.717) is 13.2 Å². The summed E-state index contributed by atoms with van der Waals surface area (Å²) in [4.78, 5) is 21.0. The Morgan fingerprint density at radius 1 is 1.00 bits per heavy atom. The van der Waals surface area contributed by atoms with Gasteiger partial charge in [0.05, 0.1) is 39.8 Å². The number of likely N-dealkylation sites (N-methyl/N-ethyl adjacent to an activating group) is 1. The largest absolute Gasteiger partial charge is 0.481 e. The predicted octanol–water partition coefficient (Wildman–Crippen LogP) is 4.43. The van der Waals surface area contributed by atoms with E-state index in [4.69, 9.17) is 18.9 Å². The number of aliphatic hydroxyl groups excluding tert-OH is 1. The number of aliphatic hydroxyl groups is 1. The molecule has 0 spiro atoms. The van der Waals surface area contributed by atoms with Crippen molar-refractivity contribution in [2.75, 3.05) is 34.4 Å². The van der Waals surface area contributed by atoms with Crippen molar-refractivity contribution in [3.8, 4) is 0 Å². The van der Waals surface area contributed by atoms with Gasteiger partial charge in [-0.05, 0) is 39.5 Å². The highest BCUT2D eigenvalue weighted by molar-refractivity contribution is 7.40. The molecule has 0 amide bonds. The molecule has 0 aromatic carbocycles. The fourth-order valence-corrected chi connectivity index (χ4v) is 3.87. The van der Waals surface area contributed by atoms with Crippen LogP contribution in [0.25, 0.3) is 0 Å². The number of carboxylic acids is 1. The van der Waals surface area contributed by atoms with Gasteiger partial charge in [-0.3, -0.25) is 9.32 Å². The van der Waals surface area contributed by atoms with Gasteiger partial charge in [0.25, 0.3) is 0 Å². The number of ether oxygens (including phenoxy) is 1. The normalized spacial score (nSPS) is 15.6. The van der Waals surface area contributed by atoms with Crippen molar-refractivity contribution in [3.05, 3.63) is 0 Å². The second kappa shape index (κ2) is 16.3. The predicted molar refractivity (Wildman–Crippen MR) is 124 cm³/mol. The molecule has 0 aromatic heterocycles. The smallest absolute Gasteiger partial charge is 0.330 e. The van der Waals surface area contributed by atoms with Crippen LogP contribution in [-0.2, 0) is 18.6 Å². The average Bonchev–Trinajstić information content (AvgIpc) is 2.64. The van der Waals surface area contributed by atoms with Gasteiger partial charge in [0.15, 0.2) is 6.10 Å². The molecular formula is C22H47NO7P+. The van der Waals surface area contributed by atoms with E-state index in [1.807, 2.05) is 0 Å². The van der Waals surface area contributed by atoms with Crippen molar-refractivity contribution in [3.63, 3.8) is 0 Å². The highest BCUT2D eigenvalue weighted by Gasteiger charge is 2.35. The molecule has 3 atom stereocenters. The summed E-state index contributed by atoms with van der Waals surface area (Å²) in [5.74, 6) is -1.11. The maximum atomic E-state index is 11.0.